The Morgan fingerprint density at radius 1 is 0.853 bits per heavy atom. The van der Waals surface area contributed by atoms with Crippen LogP contribution in [0.3, 0.4) is 0 Å². The quantitative estimate of drug-likeness (QED) is 0.549. The number of carbonyl (C=O) groups is 2. The van der Waals surface area contributed by atoms with Crippen LogP contribution in [0.15, 0.2) is 48.9 Å². The SMILES string of the molecule is CN1CCCN(c2cnc(C(=O)Nc3ccc(Cl)cc3C(=O)Nc3ccc(Cl)cn3)nc2)CC1. The molecule has 1 fully saturated rings. The Morgan fingerprint density at radius 3 is 2.35 bits per heavy atom. The van der Waals surface area contributed by atoms with E-state index < -0.39 is 11.8 Å². The van der Waals surface area contributed by atoms with Gasteiger partial charge in [-0.05, 0) is 50.3 Å². The van der Waals surface area contributed by atoms with E-state index in [0.717, 1.165) is 38.3 Å². The van der Waals surface area contributed by atoms with E-state index in [0.29, 0.717) is 15.9 Å². The van der Waals surface area contributed by atoms with Crippen molar-refractivity contribution in [2.45, 2.75) is 6.42 Å². The third kappa shape index (κ3) is 5.99. The minimum absolute atomic E-state index is 0.00336. The Balaban J connectivity index is 1.47. The average molecular weight is 500 g/mol. The number of nitrogens with zero attached hydrogens (tertiary/aromatic N) is 5. The number of likely N-dealkylation sites (N-methyl/N-ethyl adjacent to an activating group) is 1. The molecule has 0 spiro atoms. The van der Waals surface area contributed by atoms with Crippen molar-refractivity contribution in [1.29, 1.82) is 0 Å². The molecule has 34 heavy (non-hydrogen) atoms. The summed E-state index contributed by atoms with van der Waals surface area (Å²) >= 11 is 11.9. The van der Waals surface area contributed by atoms with Gasteiger partial charge in [-0.1, -0.05) is 23.2 Å². The van der Waals surface area contributed by atoms with E-state index in [1.165, 1.54) is 12.3 Å². The molecule has 1 aliphatic heterocycles. The molecule has 0 atom stereocenters. The highest BCUT2D eigenvalue weighted by Gasteiger charge is 2.18. The van der Waals surface area contributed by atoms with Crippen molar-refractivity contribution < 1.29 is 9.59 Å². The molecule has 9 nitrogen and oxygen atoms in total. The number of hydrogen-bond acceptors (Lipinski definition) is 7. The Kier molecular flexibility index (Phi) is 7.56. The summed E-state index contributed by atoms with van der Waals surface area (Å²) in [6.07, 6.45) is 5.76. The van der Waals surface area contributed by atoms with E-state index in [2.05, 4.69) is 42.4 Å². The molecule has 0 saturated carbocycles. The van der Waals surface area contributed by atoms with Gasteiger partial charge in [0.1, 0.15) is 5.82 Å². The molecular formula is C23H23Cl2N7O2. The molecule has 0 unspecified atom stereocenters. The first-order valence-corrected chi connectivity index (χ1v) is 11.4. The minimum Gasteiger partial charge on any atom is -0.368 e. The molecule has 0 radical (unpaired) electrons. The maximum atomic E-state index is 12.8. The van der Waals surface area contributed by atoms with Crippen molar-refractivity contribution in [2.75, 3.05) is 48.8 Å². The average Bonchev–Trinajstić information content (AvgIpc) is 3.06. The van der Waals surface area contributed by atoms with Crippen molar-refractivity contribution in [2.24, 2.45) is 0 Å². The lowest BCUT2D eigenvalue weighted by Gasteiger charge is -2.22. The zero-order chi connectivity index (χ0) is 24.1. The second-order valence-corrected chi connectivity index (χ2v) is 8.74. The smallest absolute Gasteiger partial charge is 0.293 e. The number of amides is 2. The number of hydrogen-bond donors (Lipinski definition) is 2. The van der Waals surface area contributed by atoms with Gasteiger partial charge in [0.15, 0.2) is 0 Å². The highest BCUT2D eigenvalue weighted by Crippen LogP contribution is 2.23. The molecule has 11 heteroatoms. The summed E-state index contributed by atoms with van der Waals surface area (Å²) in [7, 11) is 2.10. The van der Waals surface area contributed by atoms with Crippen LogP contribution in [0, 0.1) is 0 Å². The van der Waals surface area contributed by atoms with Gasteiger partial charge in [0.2, 0.25) is 5.82 Å². The third-order valence-electron chi connectivity index (χ3n) is 5.37. The summed E-state index contributed by atoms with van der Waals surface area (Å²) in [4.78, 5) is 42.7. The number of pyridine rings is 1. The number of aromatic nitrogens is 3. The second-order valence-electron chi connectivity index (χ2n) is 7.87. The van der Waals surface area contributed by atoms with Gasteiger partial charge in [-0.3, -0.25) is 9.59 Å². The van der Waals surface area contributed by atoms with E-state index in [1.54, 1.807) is 36.7 Å². The minimum atomic E-state index is -0.539. The first kappa shape index (κ1) is 23.9. The number of nitrogens with one attached hydrogen (secondary N) is 2. The predicted molar refractivity (Wildman–Crippen MR) is 133 cm³/mol. The molecule has 2 N–H and O–H groups in total. The fourth-order valence-corrected chi connectivity index (χ4v) is 3.82. The van der Waals surface area contributed by atoms with Crippen molar-refractivity contribution in [3.63, 3.8) is 0 Å². The molecule has 0 aliphatic carbocycles. The highest BCUT2D eigenvalue weighted by molar-refractivity contribution is 6.31. The maximum Gasteiger partial charge on any atom is 0.293 e. The molecule has 2 aromatic heterocycles. The van der Waals surface area contributed by atoms with Crippen LogP contribution in [0.4, 0.5) is 17.2 Å². The largest absolute Gasteiger partial charge is 0.368 e. The summed E-state index contributed by atoms with van der Waals surface area (Å²) in [6.45, 7) is 3.78. The predicted octanol–water partition coefficient (Wildman–Crippen LogP) is 3.82. The van der Waals surface area contributed by atoms with Crippen LogP contribution in [-0.2, 0) is 0 Å². The Hall–Kier alpha value is -3.27. The highest BCUT2D eigenvalue weighted by atomic mass is 35.5. The summed E-state index contributed by atoms with van der Waals surface area (Å²) < 4.78 is 0. The summed E-state index contributed by atoms with van der Waals surface area (Å²) in [6, 6.07) is 7.76. The van der Waals surface area contributed by atoms with E-state index in [9.17, 15) is 9.59 Å². The van der Waals surface area contributed by atoms with Crippen molar-refractivity contribution >= 4 is 52.2 Å². The van der Waals surface area contributed by atoms with Gasteiger partial charge in [0.05, 0.1) is 34.4 Å². The molecule has 4 rings (SSSR count). The van der Waals surface area contributed by atoms with Gasteiger partial charge >= 0.3 is 0 Å². The lowest BCUT2D eigenvalue weighted by Crippen LogP contribution is -2.29. The Bertz CT molecular complexity index is 1170. The zero-order valence-electron chi connectivity index (χ0n) is 18.5. The van der Waals surface area contributed by atoms with Gasteiger partial charge in [-0.2, -0.15) is 0 Å². The fraction of sp³-hybridized carbons (Fsp3) is 0.261. The van der Waals surface area contributed by atoms with Crippen LogP contribution in [0.5, 0.6) is 0 Å². The van der Waals surface area contributed by atoms with Gasteiger partial charge in [-0.15, -0.1) is 0 Å². The van der Waals surface area contributed by atoms with Crippen LogP contribution in [0.1, 0.15) is 27.4 Å². The summed E-state index contributed by atoms with van der Waals surface area (Å²) in [5.41, 5.74) is 1.31. The number of benzene rings is 1. The maximum absolute atomic E-state index is 12.8. The summed E-state index contributed by atoms with van der Waals surface area (Å²) in [5, 5.41) is 6.15. The van der Waals surface area contributed by atoms with E-state index in [1.807, 2.05) is 0 Å². The molecule has 3 aromatic rings. The molecule has 1 aliphatic rings. The van der Waals surface area contributed by atoms with Crippen LogP contribution in [-0.4, -0.2) is 64.9 Å². The van der Waals surface area contributed by atoms with Crippen LogP contribution < -0.4 is 15.5 Å². The number of carbonyl (C=O) groups excluding carboxylic acids is 2. The van der Waals surface area contributed by atoms with Crippen LogP contribution in [0.25, 0.3) is 0 Å². The van der Waals surface area contributed by atoms with Crippen molar-refractivity contribution in [3.05, 3.63) is 70.4 Å². The van der Waals surface area contributed by atoms with Crippen LogP contribution in [0.2, 0.25) is 10.0 Å². The number of halogens is 2. The lowest BCUT2D eigenvalue weighted by atomic mass is 10.1. The monoisotopic (exact) mass is 499 g/mol. The Labute approximate surface area is 207 Å². The topological polar surface area (TPSA) is 103 Å². The van der Waals surface area contributed by atoms with Crippen LogP contribution >= 0.6 is 23.2 Å². The molecule has 1 saturated heterocycles. The third-order valence-corrected chi connectivity index (χ3v) is 5.83. The van der Waals surface area contributed by atoms with Gasteiger partial charge in [0.25, 0.3) is 11.8 Å². The Morgan fingerprint density at radius 2 is 1.62 bits per heavy atom. The summed E-state index contributed by atoms with van der Waals surface area (Å²) in [5.74, 6) is -0.722. The molecule has 3 heterocycles. The van der Waals surface area contributed by atoms with E-state index in [4.69, 9.17) is 23.2 Å². The van der Waals surface area contributed by atoms with Gasteiger partial charge in [-0.25, -0.2) is 15.0 Å². The molecule has 2 amide bonds. The number of rotatable bonds is 5. The molecular weight excluding hydrogens is 477 g/mol. The van der Waals surface area contributed by atoms with Crippen molar-refractivity contribution in [3.8, 4) is 0 Å². The standard InChI is InChI=1S/C23H23Cl2N7O2/c1-31-7-2-8-32(10-9-31)17-13-27-21(28-14-17)23(34)29-19-5-3-15(24)11-18(19)22(33)30-20-6-4-16(25)12-26-20/h3-6,11-14H,2,7-10H2,1H3,(H,29,34)(H,26,30,33). The van der Waals surface area contributed by atoms with E-state index in [-0.39, 0.29) is 17.1 Å². The lowest BCUT2D eigenvalue weighted by molar-refractivity contribution is 0.101. The van der Waals surface area contributed by atoms with E-state index >= 15 is 0 Å². The fourth-order valence-electron chi connectivity index (χ4n) is 3.53. The van der Waals surface area contributed by atoms with Gasteiger partial charge in [0, 0.05) is 30.9 Å². The number of anilines is 3. The normalized spacial score (nSPS) is 14.4. The molecule has 176 valence electrons. The first-order valence-electron chi connectivity index (χ1n) is 10.7. The second kappa shape index (κ2) is 10.8. The first-order chi connectivity index (χ1) is 16.4. The molecule has 0 bridgehead atoms. The zero-order valence-corrected chi connectivity index (χ0v) is 20.0. The van der Waals surface area contributed by atoms with Crippen molar-refractivity contribution in [1.82, 2.24) is 19.9 Å². The molecule has 1 aromatic carbocycles. The van der Waals surface area contributed by atoms with Gasteiger partial charge < -0.3 is 20.4 Å².